The lowest BCUT2D eigenvalue weighted by Crippen LogP contribution is -2.13. The molecule has 0 atom stereocenters. The molecule has 12 heteroatoms. The third kappa shape index (κ3) is 5.39. The van der Waals surface area contributed by atoms with Crippen LogP contribution >= 0.6 is 34.8 Å². The summed E-state index contributed by atoms with van der Waals surface area (Å²) in [6, 6.07) is 13.2. The highest BCUT2D eigenvalue weighted by Crippen LogP contribution is 2.41. The Kier molecular flexibility index (Phi) is 6.87. The van der Waals surface area contributed by atoms with E-state index in [-0.39, 0.29) is 42.6 Å². The summed E-state index contributed by atoms with van der Waals surface area (Å²) in [7, 11) is -4.05. The predicted molar refractivity (Wildman–Crippen MR) is 142 cm³/mol. The standard InChI is InChI=1S/C24H20Cl3N3O5S/c1-24(2,3)22-9-13-8-14(4-6-20(13)28-22)29-36(33,34)16-11-18(26)23(19(27)12-16)35-21-7-5-15(30(31)32)10-17(21)25/h4-12,28-29H,1-3H3. The molecule has 0 bridgehead atoms. The molecule has 4 aromatic rings. The lowest BCUT2D eigenvalue weighted by molar-refractivity contribution is -0.384. The first kappa shape index (κ1) is 26.1. The van der Waals surface area contributed by atoms with Gasteiger partial charge in [0.25, 0.3) is 15.7 Å². The van der Waals surface area contributed by atoms with Crippen molar-refractivity contribution in [1.29, 1.82) is 0 Å². The Morgan fingerprint density at radius 1 is 0.944 bits per heavy atom. The summed E-state index contributed by atoms with van der Waals surface area (Å²) >= 11 is 18.7. The van der Waals surface area contributed by atoms with Crippen molar-refractivity contribution >= 4 is 67.1 Å². The molecule has 36 heavy (non-hydrogen) atoms. The number of benzene rings is 3. The largest absolute Gasteiger partial charge is 0.453 e. The van der Waals surface area contributed by atoms with Crippen LogP contribution in [0.5, 0.6) is 11.5 Å². The SMILES string of the molecule is CC(C)(C)c1cc2cc(NS(=O)(=O)c3cc(Cl)c(Oc4ccc([N+](=O)[O-])cc4Cl)c(Cl)c3)ccc2[nH]1. The molecule has 0 radical (unpaired) electrons. The summed E-state index contributed by atoms with van der Waals surface area (Å²) in [6.45, 7) is 6.24. The van der Waals surface area contributed by atoms with E-state index in [0.717, 1.165) is 22.7 Å². The van der Waals surface area contributed by atoms with Crippen LogP contribution < -0.4 is 9.46 Å². The predicted octanol–water partition coefficient (Wildman–Crippen LogP) is 7.93. The van der Waals surface area contributed by atoms with Crippen LogP contribution in [0.3, 0.4) is 0 Å². The van der Waals surface area contributed by atoms with Crippen LogP contribution in [0, 0.1) is 10.1 Å². The molecule has 0 aliphatic heterocycles. The fourth-order valence-electron chi connectivity index (χ4n) is 3.40. The summed E-state index contributed by atoms with van der Waals surface area (Å²) < 4.78 is 34.3. The quantitative estimate of drug-likeness (QED) is 0.181. The first-order chi connectivity index (χ1) is 16.7. The molecule has 0 fully saturated rings. The number of nitro benzene ring substituents is 1. The fraction of sp³-hybridized carbons (Fsp3) is 0.167. The number of ether oxygens (including phenoxy) is 1. The van der Waals surface area contributed by atoms with E-state index < -0.39 is 14.9 Å². The van der Waals surface area contributed by atoms with E-state index in [1.54, 1.807) is 18.2 Å². The lowest BCUT2D eigenvalue weighted by atomic mass is 9.92. The molecule has 4 rings (SSSR count). The average molecular weight is 569 g/mol. The van der Waals surface area contributed by atoms with E-state index in [2.05, 4.69) is 30.5 Å². The number of sulfonamides is 1. The first-order valence-electron chi connectivity index (χ1n) is 10.5. The number of nitrogens with one attached hydrogen (secondary N) is 2. The highest BCUT2D eigenvalue weighted by Gasteiger charge is 2.22. The molecule has 0 saturated carbocycles. The van der Waals surface area contributed by atoms with Gasteiger partial charge in [-0.1, -0.05) is 55.6 Å². The van der Waals surface area contributed by atoms with E-state index in [1.165, 1.54) is 24.3 Å². The Morgan fingerprint density at radius 2 is 1.61 bits per heavy atom. The Balaban J connectivity index is 1.61. The van der Waals surface area contributed by atoms with Gasteiger partial charge < -0.3 is 9.72 Å². The van der Waals surface area contributed by atoms with E-state index in [4.69, 9.17) is 39.5 Å². The number of aromatic amines is 1. The van der Waals surface area contributed by atoms with Crippen LogP contribution in [-0.2, 0) is 15.4 Å². The number of hydrogen-bond donors (Lipinski definition) is 2. The summed E-state index contributed by atoms with van der Waals surface area (Å²) in [5.41, 5.74) is 1.98. The maximum atomic E-state index is 13.1. The van der Waals surface area contributed by atoms with Crippen LogP contribution in [0.15, 0.2) is 59.5 Å². The zero-order valence-corrected chi connectivity index (χ0v) is 22.3. The minimum atomic E-state index is -4.05. The minimum Gasteiger partial charge on any atom is -0.453 e. The number of H-pyrrole nitrogens is 1. The van der Waals surface area contributed by atoms with E-state index in [1.807, 2.05) is 6.07 Å². The van der Waals surface area contributed by atoms with Crippen molar-refractivity contribution in [3.05, 3.63) is 85.5 Å². The van der Waals surface area contributed by atoms with Gasteiger partial charge in [0.1, 0.15) is 5.75 Å². The van der Waals surface area contributed by atoms with Gasteiger partial charge in [-0.3, -0.25) is 14.8 Å². The number of rotatable bonds is 6. The molecule has 0 spiro atoms. The molecule has 188 valence electrons. The molecule has 0 saturated heterocycles. The number of anilines is 1. The van der Waals surface area contributed by atoms with Gasteiger partial charge >= 0.3 is 0 Å². The lowest BCUT2D eigenvalue weighted by Gasteiger charge is -2.15. The van der Waals surface area contributed by atoms with Crippen molar-refractivity contribution < 1.29 is 18.1 Å². The van der Waals surface area contributed by atoms with E-state index in [9.17, 15) is 18.5 Å². The highest BCUT2D eigenvalue weighted by atomic mass is 35.5. The topological polar surface area (TPSA) is 114 Å². The van der Waals surface area contributed by atoms with Gasteiger partial charge in [-0.25, -0.2) is 8.42 Å². The third-order valence-electron chi connectivity index (χ3n) is 5.30. The van der Waals surface area contributed by atoms with Gasteiger partial charge in [0.05, 0.1) is 24.9 Å². The summed E-state index contributed by atoms with van der Waals surface area (Å²) in [6.07, 6.45) is 0. The van der Waals surface area contributed by atoms with E-state index >= 15 is 0 Å². The number of aromatic nitrogens is 1. The molecular weight excluding hydrogens is 549 g/mol. The second-order valence-electron chi connectivity index (χ2n) is 9.03. The zero-order valence-electron chi connectivity index (χ0n) is 19.2. The van der Waals surface area contributed by atoms with Gasteiger partial charge in [-0.05, 0) is 42.5 Å². The molecule has 0 amide bonds. The Hall–Kier alpha value is -2.98. The molecule has 2 N–H and O–H groups in total. The summed E-state index contributed by atoms with van der Waals surface area (Å²) in [5, 5.41) is 11.5. The number of fused-ring (bicyclic) bond motifs is 1. The van der Waals surface area contributed by atoms with Gasteiger partial charge in [-0.15, -0.1) is 0 Å². The molecule has 1 heterocycles. The van der Waals surface area contributed by atoms with Crippen molar-refractivity contribution in [3.63, 3.8) is 0 Å². The van der Waals surface area contributed by atoms with Gasteiger partial charge in [0.15, 0.2) is 5.75 Å². The molecule has 0 unspecified atom stereocenters. The molecule has 0 aliphatic rings. The Labute approximate surface area is 222 Å². The number of halogens is 3. The van der Waals surface area contributed by atoms with Crippen molar-refractivity contribution in [3.8, 4) is 11.5 Å². The third-order valence-corrected chi connectivity index (χ3v) is 7.52. The van der Waals surface area contributed by atoms with E-state index in [0.29, 0.717) is 5.69 Å². The molecule has 8 nitrogen and oxygen atoms in total. The van der Waals surface area contributed by atoms with Crippen LogP contribution in [0.1, 0.15) is 26.5 Å². The average Bonchev–Trinajstić information content (AvgIpc) is 3.20. The smallest absolute Gasteiger partial charge is 0.271 e. The van der Waals surface area contributed by atoms with Crippen LogP contribution in [0.2, 0.25) is 15.1 Å². The van der Waals surface area contributed by atoms with Gasteiger partial charge in [-0.2, -0.15) is 0 Å². The van der Waals surface area contributed by atoms with Crippen LogP contribution in [0.4, 0.5) is 11.4 Å². The van der Waals surface area contributed by atoms with Gasteiger partial charge in [0.2, 0.25) is 0 Å². The Morgan fingerprint density at radius 3 is 2.19 bits per heavy atom. The maximum absolute atomic E-state index is 13.1. The number of nitrogens with zero attached hydrogens (tertiary/aromatic N) is 1. The Bertz CT molecular complexity index is 1590. The summed E-state index contributed by atoms with van der Waals surface area (Å²) in [5.74, 6) is 0.0192. The molecule has 1 aromatic heterocycles. The molecule has 3 aromatic carbocycles. The highest BCUT2D eigenvalue weighted by molar-refractivity contribution is 7.92. The van der Waals surface area contributed by atoms with Crippen molar-refractivity contribution in [2.24, 2.45) is 0 Å². The first-order valence-corrected chi connectivity index (χ1v) is 13.1. The monoisotopic (exact) mass is 567 g/mol. The van der Waals surface area contributed by atoms with Gasteiger partial charge in [0, 0.05) is 39.8 Å². The minimum absolute atomic E-state index is 0.0375. The second-order valence-corrected chi connectivity index (χ2v) is 11.9. The zero-order chi connectivity index (χ0) is 26.4. The summed E-state index contributed by atoms with van der Waals surface area (Å²) in [4.78, 5) is 13.5. The van der Waals surface area contributed by atoms with Crippen molar-refractivity contribution in [1.82, 2.24) is 4.98 Å². The van der Waals surface area contributed by atoms with Crippen LogP contribution in [-0.4, -0.2) is 18.3 Å². The maximum Gasteiger partial charge on any atom is 0.271 e. The molecular formula is C24H20Cl3N3O5S. The fourth-order valence-corrected chi connectivity index (χ4v) is 5.41. The normalized spacial score (nSPS) is 12.1. The van der Waals surface area contributed by atoms with Crippen molar-refractivity contribution in [2.45, 2.75) is 31.1 Å². The van der Waals surface area contributed by atoms with Crippen molar-refractivity contribution in [2.75, 3.05) is 4.72 Å². The molecule has 0 aliphatic carbocycles. The number of hydrogen-bond acceptors (Lipinski definition) is 5. The number of non-ortho nitro benzene ring substituents is 1. The second kappa shape index (κ2) is 9.48. The van der Waals surface area contributed by atoms with Crippen LogP contribution in [0.25, 0.3) is 10.9 Å². The number of nitro groups is 1.